The van der Waals surface area contributed by atoms with Crippen molar-refractivity contribution in [1.29, 1.82) is 0 Å². The Balaban J connectivity index is 2.53. The second-order valence-electron chi connectivity index (χ2n) is 2.94. The van der Waals surface area contributed by atoms with Gasteiger partial charge in [-0.05, 0) is 12.1 Å². The monoisotopic (exact) mass is 264 g/mol. The smallest absolute Gasteiger partial charge is 0.201 e. The van der Waals surface area contributed by atoms with E-state index < -0.39 is 5.92 Å². The summed E-state index contributed by atoms with van der Waals surface area (Å²) in [6.45, 7) is 0. The Bertz CT molecular complexity index is 338. The first-order chi connectivity index (χ1) is 6.09. The molecule has 0 unspecified atom stereocenters. The van der Waals surface area contributed by atoms with Crippen molar-refractivity contribution in [3.63, 3.8) is 0 Å². The summed E-state index contributed by atoms with van der Waals surface area (Å²) in [5, 5.41) is 0. The van der Waals surface area contributed by atoms with Gasteiger partial charge in [0.05, 0.1) is 0 Å². The third-order valence-corrected chi connectivity index (χ3v) is 3.56. The number of benzene rings is 1. The van der Waals surface area contributed by atoms with E-state index in [1.807, 2.05) is 0 Å². The van der Waals surface area contributed by atoms with Crippen molar-refractivity contribution < 1.29 is 8.78 Å². The van der Waals surface area contributed by atoms with Crippen LogP contribution >= 0.6 is 27.7 Å². The summed E-state index contributed by atoms with van der Waals surface area (Å²) >= 11 is 4.76. The number of thioether (sulfide) groups is 1. The summed E-state index contributed by atoms with van der Waals surface area (Å²) in [6, 6.07) is 4.93. The van der Waals surface area contributed by atoms with Gasteiger partial charge in [-0.25, -0.2) is 8.78 Å². The Morgan fingerprint density at radius 1 is 1.38 bits per heavy atom. The SMILES string of the molecule is FC1(F)CCSc2cc(Br)ccc21. The van der Waals surface area contributed by atoms with Gasteiger partial charge in [0, 0.05) is 27.1 Å². The molecule has 0 amide bonds. The maximum Gasteiger partial charge on any atom is 0.275 e. The van der Waals surface area contributed by atoms with Crippen LogP contribution in [0.5, 0.6) is 0 Å². The topological polar surface area (TPSA) is 0 Å². The molecule has 0 bridgehead atoms. The fourth-order valence-corrected chi connectivity index (χ4v) is 3.02. The molecule has 0 aromatic heterocycles. The fourth-order valence-electron chi connectivity index (χ4n) is 1.34. The lowest BCUT2D eigenvalue weighted by Crippen LogP contribution is -2.19. The van der Waals surface area contributed by atoms with Gasteiger partial charge in [0.1, 0.15) is 0 Å². The Morgan fingerprint density at radius 2 is 2.15 bits per heavy atom. The maximum atomic E-state index is 13.3. The van der Waals surface area contributed by atoms with E-state index in [1.54, 1.807) is 12.1 Å². The van der Waals surface area contributed by atoms with Gasteiger partial charge in [0.2, 0.25) is 0 Å². The highest BCUT2D eigenvalue weighted by molar-refractivity contribution is 9.10. The molecule has 70 valence electrons. The van der Waals surface area contributed by atoms with Crippen LogP contribution in [-0.4, -0.2) is 5.75 Å². The predicted molar refractivity (Wildman–Crippen MR) is 53.4 cm³/mol. The lowest BCUT2D eigenvalue weighted by molar-refractivity contribution is -0.0115. The van der Waals surface area contributed by atoms with Crippen molar-refractivity contribution in [2.75, 3.05) is 5.75 Å². The third kappa shape index (κ3) is 1.74. The van der Waals surface area contributed by atoms with Crippen molar-refractivity contribution >= 4 is 27.7 Å². The average Bonchev–Trinajstić information content (AvgIpc) is 2.02. The van der Waals surface area contributed by atoms with Crippen LogP contribution in [0.1, 0.15) is 12.0 Å². The highest BCUT2D eigenvalue weighted by atomic mass is 79.9. The molecule has 0 N–H and O–H groups in total. The molecule has 0 saturated heterocycles. The van der Waals surface area contributed by atoms with Crippen molar-refractivity contribution in [1.82, 2.24) is 0 Å². The molecule has 1 aliphatic heterocycles. The van der Waals surface area contributed by atoms with Crippen LogP contribution in [0.4, 0.5) is 8.78 Å². The van der Waals surface area contributed by atoms with Crippen LogP contribution < -0.4 is 0 Å². The minimum atomic E-state index is -2.64. The maximum absolute atomic E-state index is 13.3. The molecule has 0 atom stereocenters. The molecular formula is C9H7BrF2S. The molecule has 0 spiro atoms. The number of hydrogen-bond acceptors (Lipinski definition) is 1. The molecule has 1 aromatic carbocycles. The van der Waals surface area contributed by atoms with Crippen molar-refractivity contribution in [2.45, 2.75) is 17.2 Å². The van der Waals surface area contributed by atoms with E-state index in [0.717, 1.165) is 4.47 Å². The molecule has 0 nitrogen and oxygen atoms in total. The van der Waals surface area contributed by atoms with Crippen molar-refractivity contribution in [3.8, 4) is 0 Å². The quantitative estimate of drug-likeness (QED) is 0.682. The van der Waals surface area contributed by atoms with Crippen LogP contribution in [0.2, 0.25) is 0 Å². The van der Waals surface area contributed by atoms with Gasteiger partial charge in [0.15, 0.2) is 0 Å². The van der Waals surface area contributed by atoms with Gasteiger partial charge in [-0.1, -0.05) is 22.0 Å². The molecule has 0 radical (unpaired) electrons. The lowest BCUT2D eigenvalue weighted by atomic mass is 10.1. The van der Waals surface area contributed by atoms with Crippen molar-refractivity contribution in [2.24, 2.45) is 0 Å². The van der Waals surface area contributed by atoms with E-state index in [9.17, 15) is 8.78 Å². The van der Waals surface area contributed by atoms with Gasteiger partial charge in [-0.2, -0.15) is 0 Å². The molecule has 2 rings (SSSR count). The van der Waals surface area contributed by atoms with E-state index in [-0.39, 0.29) is 12.0 Å². The molecule has 13 heavy (non-hydrogen) atoms. The lowest BCUT2D eigenvalue weighted by Gasteiger charge is -2.24. The van der Waals surface area contributed by atoms with E-state index in [2.05, 4.69) is 15.9 Å². The second-order valence-corrected chi connectivity index (χ2v) is 5.00. The zero-order valence-corrected chi connectivity index (χ0v) is 9.09. The highest BCUT2D eigenvalue weighted by Crippen LogP contribution is 2.44. The van der Waals surface area contributed by atoms with Gasteiger partial charge in [0.25, 0.3) is 5.92 Å². The highest BCUT2D eigenvalue weighted by Gasteiger charge is 2.36. The van der Waals surface area contributed by atoms with Crippen LogP contribution in [0.15, 0.2) is 27.6 Å². The van der Waals surface area contributed by atoms with Crippen LogP contribution in [0.3, 0.4) is 0 Å². The van der Waals surface area contributed by atoms with E-state index in [4.69, 9.17) is 0 Å². The molecule has 1 heterocycles. The van der Waals surface area contributed by atoms with Crippen LogP contribution in [0, 0.1) is 0 Å². The molecular weight excluding hydrogens is 258 g/mol. The normalized spacial score (nSPS) is 19.6. The largest absolute Gasteiger partial charge is 0.275 e. The standard InChI is InChI=1S/C9H7BrF2S/c10-6-1-2-7-8(5-6)13-4-3-9(7,11)12/h1-2,5H,3-4H2. The number of fused-ring (bicyclic) bond motifs is 1. The first-order valence-corrected chi connectivity index (χ1v) is 5.68. The molecule has 0 saturated carbocycles. The van der Waals surface area contributed by atoms with E-state index >= 15 is 0 Å². The fraction of sp³-hybridized carbons (Fsp3) is 0.333. The second kappa shape index (κ2) is 3.24. The average molecular weight is 265 g/mol. The van der Waals surface area contributed by atoms with Crippen molar-refractivity contribution in [3.05, 3.63) is 28.2 Å². The Morgan fingerprint density at radius 3 is 2.92 bits per heavy atom. The molecule has 4 heteroatoms. The zero-order valence-electron chi connectivity index (χ0n) is 6.69. The summed E-state index contributed by atoms with van der Waals surface area (Å²) in [5.74, 6) is -2.14. The minimum absolute atomic E-state index is 0.0493. The molecule has 0 fully saturated rings. The van der Waals surface area contributed by atoms with Gasteiger partial charge < -0.3 is 0 Å². The summed E-state index contributed by atoms with van der Waals surface area (Å²) < 4.78 is 27.5. The first-order valence-electron chi connectivity index (χ1n) is 3.90. The minimum Gasteiger partial charge on any atom is -0.201 e. The summed E-state index contributed by atoms with van der Waals surface area (Å²) in [7, 11) is 0. The molecule has 1 aromatic rings. The van der Waals surface area contributed by atoms with Crippen LogP contribution in [-0.2, 0) is 5.92 Å². The Hall–Kier alpha value is -0.0900. The number of halogens is 3. The van der Waals surface area contributed by atoms with Gasteiger partial charge in [-0.15, -0.1) is 11.8 Å². The van der Waals surface area contributed by atoms with Gasteiger partial charge >= 0.3 is 0 Å². The zero-order chi connectivity index (χ0) is 9.47. The van der Waals surface area contributed by atoms with E-state index in [0.29, 0.717) is 10.6 Å². The Kier molecular flexibility index (Phi) is 2.36. The predicted octanol–water partition coefficient (Wildman–Crippen LogP) is 4.04. The summed E-state index contributed by atoms with van der Waals surface area (Å²) in [6.07, 6.45) is -0.0493. The van der Waals surface area contributed by atoms with E-state index in [1.165, 1.54) is 17.8 Å². The molecule has 1 aliphatic rings. The number of alkyl halides is 2. The third-order valence-electron chi connectivity index (χ3n) is 2.01. The van der Waals surface area contributed by atoms with Crippen LogP contribution in [0.25, 0.3) is 0 Å². The van der Waals surface area contributed by atoms with Gasteiger partial charge in [-0.3, -0.25) is 0 Å². The molecule has 0 aliphatic carbocycles. The Labute approximate surface area is 87.8 Å². The number of rotatable bonds is 0. The number of hydrogen-bond donors (Lipinski definition) is 0. The first kappa shape index (κ1) is 9.46. The summed E-state index contributed by atoms with van der Waals surface area (Å²) in [4.78, 5) is 0.700. The summed E-state index contributed by atoms with van der Waals surface area (Å²) in [5.41, 5.74) is 0.173.